The fourth-order valence-electron chi connectivity index (χ4n) is 4.47. The van der Waals surface area contributed by atoms with E-state index >= 15 is 0 Å². The van der Waals surface area contributed by atoms with Crippen LogP contribution in [0.3, 0.4) is 0 Å². The molecule has 0 atom stereocenters. The summed E-state index contributed by atoms with van der Waals surface area (Å²) in [5.74, 6) is 8.07. The van der Waals surface area contributed by atoms with Crippen molar-refractivity contribution < 1.29 is 0 Å². The van der Waals surface area contributed by atoms with Gasteiger partial charge in [0.15, 0.2) is 0 Å². The summed E-state index contributed by atoms with van der Waals surface area (Å²) in [5, 5.41) is 1.17. The Balaban J connectivity index is 1.78. The maximum absolute atomic E-state index is 4.64. The molecule has 0 amide bonds. The molecule has 1 aliphatic rings. The van der Waals surface area contributed by atoms with Crippen LogP contribution in [0.25, 0.3) is 22.2 Å². The summed E-state index contributed by atoms with van der Waals surface area (Å²) in [6, 6.07) is 13.7. The van der Waals surface area contributed by atoms with E-state index in [9.17, 15) is 0 Å². The van der Waals surface area contributed by atoms with Crippen LogP contribution in [-0.2, 0) is 0 Å². The standard InChI is InChI=1S/C23H28GeN2/c1-16-13-19(10-12-21(16)24(2,3)4)23-20-11-9-18(17-7-5-6-8-17)14-22(20)25-15-26-23/h9-15,17H,5-8H2,1-4H3. The van der Waals surface area contributed by atoms with Crippen LogP contribution in [0.1, 0.15) is 42.7 Å². The molecule has 26 heavy (non-hydrogen) atoms. The second-order valence-electron chi connectivity index (χ2n) is 8.76. The number of nitrogens with zero attached hydrogens (tertiary/aromatic N) is 2. The Morgan fingerprint density at radius 2 is 1.69 bits per heavy atom. The molecule has 0 N–H and O–H groups in total. The zero-order chi connectivity index (χ0) is 18.3. The number of hydrogen-bond acceptors (Lipinski definition) is 2. The summed E-state index contributed by atoms with van der Waals surface area (Å²) >= 11 is -1.83. The van der Waals surface area contributed by atoms with Crippen LogP contribution in [0.5, 0.6) is 0 Å². The van der Waals surface area contributed by atoms with Crippen LogP contribution in [-0.4, -0.2) is 23.2 Å². The van der Waals surface area contributed by atoms with Crippen LogP contribution in [0.2, 0.25) is 17.3 Å². The van der Waals surface area contributed by atoms with E-state index in [1.54, 1.807) is 10.7 Å². The maximum atomic E-state index is 4.64. The normalized spacial score (nSPS) is 15.7. The van der Waals surface area contributed by atoms with Crippen molar-refractivity contribution in [1.29, 1.82) is 0 Å². The van der Waals surface area contributed by atoms with Crippen molar-refractivity contribution in [3.05, 3.63) is 53.9 Å². The zero-order valence-electron chi connectivity index (χ0n) is 16.3. The Morgan fingerprint density at radius 1 is 0.923 bits per heavy atom. The van der Waals surface area contributed by atoms with Gasteiger partial charge in [-0.15, -0.1) is 0 Å². The third kappa shape index (κ3) is 3.32. The van der Waals surface area contributed by atoms with Crippen molar-refractivity contribution in [1.82, 2.24) is 9.97 Å². The number of fused-ring (bicyclic) bond motifs is 1. The summed E-state index contributed by atoms with van der Waals surface area (Å²) in [7, 11) is 0. The van der Waals surface area contributed by atoms with E-state index in [-0.39, 0.29) is 0 Å². The molecule has 1 heterocycles. The predicted octanol–water partition coefficient (Wildman–Crippen LogP) is 5.81. The second kappa shape index (κ2) is 6.81. The molecule has 0 spiro atoms. The van der Waals surface area contributed by atoms with Crippen LogP contribution in [0.4, 0.5) is 0 Å². The quantitative estimate of drug-likeness (QED) is 0.515. The molecule has 3 heteroatoms. The van der Waals surface area contributed by atoms with E-state index in [0.717, 1.165) is 17.1 Å². The van der Waals surface area contributed by atoms with E-state index in [4.69, 9.17) is 0 Å². The molecule has 1 aliphatic carbocycles. The number of benzene rings is 2. The minimum absolute atomic E-state index is 0.720. The van der Waals surface area contributed by atoms with Gasteiger partial charge >= 0.3 is 159 Å². The van der Waals surface area contributed by atoms with Crippen LogP contribution >= 0.6 is 0 Å². The van der Waals surface area contributed by atoms with Crippen LogP contribution in [0.15, 0.2) is 42.7 Å². The first-order valence-electron chi connectivity index (χ1n) is 9.79. The van der Waals surface area contributed by atoms with Gasteiger partial charge < -0.3 is 0 Å². The van der Waals surface area contributed by atoms with Crippen molar-refractivity contribution in [2.75, 3.05) is 0 Å². The van der Waals surface area contributed by atoms with Crippen molar-refractivity contribution >= 4 is 28.6 Å². The van der Waals surface area contributed by atoms with Crippen molar-refractivity contribution in [3.8, 4) is 11.3 Å². The van der Waals surface area contributed by atoms with Gasteiger partial charge in [-0.2, -0.15) is 0 Å². The molecule has 2 aromatic carbocycles. The summed E-state index contributed by atoms with van der Waals surface area (Å²) in [6.07, 6.45) is 7.09. The van der Waals surface area contributed by atoms with Crippen molar-refractivity contribution in [2.24, 2.45) is 0 Å². The Labute approximate surface area is 159 Å². The number of rotatable bonds is 3. The molecule has 0 radical (unpaired) electrons. The van der Waals surface area contributed by atoms with Gasteiger partial charge in [-0.3, -0.25) is 0 Å². The third-order valence-corrected chi connectivity index (χ3v) is 10.4. The summed E-state index contributed by atoms with van der Waals surface area (Å²) in [4.78, 5) is 9.22. The Bertz CT molecular complexity index is 950. The van der Waals surface area contributed by atoms with Gasteiger partial charge in [-0.25, -0.2) is 0 Å². The molecular weight excluding hydrogens is 377 g/mol. The molecule has 3 aromatic rings. The molecule has 0 unspecified atom stereocenters. The van der Waals surface area contributed by atoms with Gasteiger partial charge in [0, 0.05) is 0 Å². The molecular formula is C23H28GeN2. The summed E-state index contributed by atoms with van der Waals surface area (Å²) in [5.41, 5.74) is 6.20. The molecule has 4 rings (SSSR count). The van der Waals surface area contributed by atoms with E-state index in [0.29, 0.717) is 0 Å². The molecule has 2 nitrogen and oxygen atoms in total. The van der Waals surface area contributed by atoms with Gasteiger partial charge in [0.25, 0.3) is 0 Å². The van der Waals surface area contributed by atoms with E-state index in [2.05, 4.69) is 70.6 Å². The Hall–Kier alpha value is -1.68. The second-order valence-corrected chi connectivity index (χ2v) is 19.3. The van der Waals surface area contributed by atoms with Crippen LogP contribution < -0.4 is 4.40 Å². The number of hydrogen-bond donors (Lipinski definition) is 0. The van der Waals surface area contributed by atoms with Crippen molar-refractivity contribution in [2.45, 2.75) is 55.8 Å². The zero-order valence-corrected chi connectivity index (χ0v) is 18.4. The predicted molar refractivity (Wildman–Crippen MR) is 114 cm³/mol. The molecule has 0 aliphatic heterocycles. The Kier molecular flexibility index (Phi) is 4.64. The molecule has 134 valence electrons. The monoisotopic (exact) mass is 406 g/mol. The molecule has 1 saturated carbocycles. The topological polar surface area (TPSA) is 25.8 Å². The minimum atomic E-state index is -1.83. The third-order valence-electron chi connectivity index (χ3n) is 5.79. The fraction of sp³-hybridized carbons (Fsp3) is 0.391. The fourth-order valence-corrected chi connectivity index (χ4v) is 8.33. The number of aryl methyl sites for hydroxylation is 1. The van der Waals surface area contributed by atoms with E-state index in [1.165, 1.54) is 47.8 Å². The SMILES string of the molecule is Cc1cc(-c2ncnc3cc(C4CCCC4)ccc23)cc[c]1[Ge]([CH3])([CH3])[CH3]. The van der Waals surface area contributed by atoms with Gasteiger partial charge in [0.05, 0.1) is 0 Å². The molecule has 0 bridgehead atoms. The first-order chi connectivity index (χ1) is 12.4. The van der Waals surface area contributed by atoms with Crippen molar-refractivity contribution in [3.63, 3.8) is 0 Å². The van der Waals surface area contributed by atoms with Gasteiger partial charge in [-0.1, -0.05) is 0 Å². The Morgan fingerprint density at radius 3 is 2.38 bits per heavy atom. The summed E-state index contributed by atoms with van der Waals surface area (Å²) in [6.45, 7) is 2.25. The van der Waals surface area contributed by atoms with E-state index < -0.39 is 13.3 Å². The van der Waals surface area contributed by atoms with Gasteiger partial charge in [0.1, 0.15) is 0 Å². The van der Waals surface area contributed by atoms with Gasteiger partial charge in [-0.05, 0) is 0 Å². The van der Waals surface area contributed by atoms with Crippen LogP contribution in [0, 0.1) is 6.92 Å². The average Bonchev–Trinajstić information content (AvgIpc) is 3.14. The van der Waals surface area contributed by atoms with Gasteiger partial charge in [0.2, 0.25) is 0 Å². The summed E-state index contributed by atoms with van der Waals surface area (Å²) < 4.78 is 1.58. The molecule has 1 aromatic heterocycles. The van der Waals surface area contributed by atoms with E-state index in [1.807, 2.05) is 0 Å². The first-order valence-corrected chi connectivity index (χ1v) is 17.1. The number of aromatic nitrogens is 2. The molecule has 1 fully saturated rings. The first kappa shape index (κ1) is 17.7. The average molecular weight is 405 g/mol. The molecule has 0 saturated heterocycles.